The number of carbonyl (C=O) groups is 1. The van der Waals surface area contributed by atoms with Gasteiger partial charge in [0.15, 0.2) is 5.16 Å². The van der Waals surface area contributed by atoms with Crippen molar-refractivity contribution in [2.24, 2.45) is 0 Å². The molecular weight excluding hydrogens is 304 g/mol. The normalized spacial score (nSPS) is 10.6. The Morgan fingerprint density at radius 3 is 2.71 bits per heavy atom. The topological polar surface area (TPSA) is 67.8 Å². The number of rotatable bonds is 6. The van der Waals surface area contributed by atoms with Crippen molar-refractivity contribution in [2.75, 3.05) is 6.26 Å². The molecule has 2 rings (SSSR count). The van der Waals surface area contributed by atoms with E-state index in [2.05, 4.69) is 27.2 Å². The molecule has 0 unspecified atom stereocenters. The van der Waals surface area contributed by atoms with Gasteiger partial charge in [-0.2, -0.15) is 0 Å². The van der Waals surface area contributed by atoms with Gasteiger partial charge in [0.25, 0.3) is 5.91 Å². The number of thiazole rings is 1. The molecule has 0 radical (unpaired) electrons. The van der Waals surface area contributed by atoms with Crippen LogP contribution in [0, 0.1) is 6.92 Å². The van der Waals surface area contributed by atoms with Crippen molar-refractivity contribution >= 4 is 29.0 Å². The zero-order chi connectivity index (χ0) is 15.2. The van der Waals surface area contributed by atoms with E-state index in [-0.39, 0.29) is 5.91 Å². The van der Waals surface area contributed by atoms with Gasteiger partial charge in [-0.25, -0.2) is 15.0 Å². The van der Waals surface area contributed by atoms with Gasteiger partial charge in [-0.15, -0.1) is 11.3 Å². The molecule has 2 aromatic rings. The van der Waals surface area contributed by atoms with E-state index < -0.39 is 0 Å². The molecule has 0 aliphatic heterocycles. The van der Waals surface area contributed by atoms with E-state index >= 15 is 0 Å². The van der Waals surface area contributed by atoms with Crippen LogP contribution in [0.25, 0.3) is 0 Å². The fourth-order valence-corrected chi connectivity index (χ4v) is 3.20. The molecule has 0 bridgehead atoms. The third-order valence-electron chi connectivity index (χ3n) is 2.88. The number of hydrogen-bond donors (Lipinski definition) is 1. The molecule has 0 aliphatic rings. The fraction of sp³-hybridized carbons (Fsp3) is 0.429. The summed E-state index contributed by atoms with van der Waals surface area (Å²) < 4.78 is 0. The highest BCUT2D eigenvalue weighted by Crippen LogP contribution is 2.19. The van der Waals surface area contributed by atoms with Gasteiger partial charge >= 0.3 is 0 Å². The number of aromatic nitrogens is 3. The lowest BCUT2D eigenvalue weighted by Crippen LogP contribution is -2.23. The fourth-order valence-electron chi connectivity index (χ4n) is 1.77. The molecule has 2 aromatic heterocycles. The van der Waals surface area contributed by atoms with Gasteiger partial charge < -0.3 is 5.32 Å². The summed E-state index contributed by atoms with van der Waals surface area (Å²) in [6, 6.07) is 0. The first-order chi connectivity index (χ1) is 10.1. The molecule has 1 amide bonds. The van der Waals surface area contributed by atoms with Crippen LogP contribution in [0.1, 0.15) is 39.3 Å². The maximum absolute atomic E-state index is 12.0. The standard InChI is InChI=1S/C14H18N4OS2/c1-4-5-12-18-9(2)11(21-12)8-15-13(19)10-6-16-14(20-3)17-7-10/h6-7H,4-5,8H2,1-3H3,(H,15,19). The van der Waals surface area contributed by atoms with Crippen molar-refractivity contribution in [1.29, 1.82) is 0 Å². The summed E-state index contributed by atoms with van der Waals surface area (Å²) in [5.74, 6) is -0.160. The van der Waals surface area contributed by atoms with E-state index in [1.165, 1.54) is 11.8 Å². The highest BCUT2D eigenvalue weighted by molar-refractivity contribution is 7.98. The second-order valence-corrected chi connectivity index (χ2v) is 6.45. The molecule has 0 saturated heterocycles. The maximum Gasteiger partial charge on any atom is 0.254 e. The minimum absolute atomic E-state index is 0.160. The predicted octanol–water partition coefficient (Wildman–Crippen LogP) is 2.85. The van der Waals surface area contributed by atoms with E-state index in [9.17, 15) is 4.79 Å². The number of nitrogens with one attached hydrogen (secondary N) is 1. The van der Waals surface area contributed by atoms with Crippen LogP contribution in [-0.4, -0.2) is 27.1 Å². The Bertz CT molecular complexity index is 610. The molecule has 5 nitrogen and oxygen atoms in total. The van der Waals surface area contributed by atoms with Gasteiger partial charge in [-0.05, 0) is 26.0 Å². The number of nitrogens with zero attached hydrogens (tertiary/aromatic N) is 3. The lowest BCUT2D eigenvalue weighted by Gasteiger charge is -2.04. The van der Waals surface area contributed by atoms with Gasteiger partial charge in [-0.3, -0.25) is 4.79 Å². The first kappa shape index (κ1) is 15.9. The van der Waals surface area contributed by atoms with Crippen molar-refractivity contribution in [1.82, 2.24) is 20.3 Å². The molecule has 0 aliphatic carbocycles. The minimum atomic E-state index is -0.160. The predicted molar refractivity (Wildman–Crippen MR) is 85.8 cm³/mol. The van der Waals surface area contributed by atoms with Crippen LogP contribution in [0.15, 0.2) is 17.6 Å². The van der Waals surface area contributed by atoms with Crippen molar-refractivity contribution in [3.8, 4) is 0 Å². The summed E-state index contributed by atoms with van der Waals surface area (Å²) in [5, 5.41) is 4.69. The molecule has 21 heavy (non-hydrogen) atoms. The van der Waals surface area contributed by atoms with Gasteiger partial charge in [-0.1, -0.05) is 18.7 Å². The van der Waals surface area contributed by atoms with Crippen LogP contribution in [0.3, 0.4) is 0 Å². The zero-order valence-electron chi connectivity index (χ0n) is 12.3. The van der Waals surface area contributed by atoms with Crippen molar-refractivity contribution in [2.45, 2.75) is 38.4 Å². The highest BCUT2D eigenvalue weighted by Gasteiger charge is 2.10. The second kappa shape index (κ2) is 7.51. The van der Waals surface area contributed by atoms with Crippen molar-refractivity contribution < 1.29 is 4.79 Å². The molecular formula is C14H18N4OS2. The highest BCUT2D eigenvalue weighted by atomic mass is 32.2. The van der Waals surface area contributed by atoms with E-state index in [1.807, 2.05) is 13.2 Å². The van der Waals surface area contributed by atoms with Crippen LogP contribution in [-0.2, 0) is 13.0 Å². The molecule has 7 heteroatoms. The molecule has 0 fully saturated rings. The Labute approximate surface area is 132 Å². The Morgan fingerprint density at radius 2 is 2.10 bits per heavy atom. The van der Waals surface area contributed by atoms with Gasteiger partial charge in [0.05, 0.1) is 22.8 Å². The number of thioether (sulfide) groups is 1. The SMILES string of the molecule is CCCc1nc(C)c(CNC(=O)c2cnc(SC)nc2)s1. The summed E-state index contributed by atoms with van der Waals surface area (Å²) in [6.07, 6.45) is 7.07. The monoisotopic (exact) mass is 322 g/mol. The van der Waals surface area contributed by atoms with E-state index in [1.54, 1.807) is 23.7 Å². The summed E-state index contributed by atoms with van der Waals surface area (Å²) >= 11 is 3.12. The third-order valence-corrected chi connectivity index (χ3v) is 4.68. The Balaban J connectivity index is 1.96. The van der Waals surface area contributed by atoms with Gasteiger partial charge in [0.2, 0.25) is 0 Å². The number of hydrogen-bond acceptors (Lipinski definition) is 6. The summed E-state index contributed by atoms with van der Waals surface area (Å²) in [6.45, 7) is 4.61. The zero-order valence-corrected chi connectivity index (χ0v) is 14.0. The molecule has 0 saturated carbocycles. The quantitative estimate of drug-likeness (QED) is 0.654. The average Bonchev–Trinajstić information content (AvgIpc) is 2.85. The van der Waals surface area contributed by atoms with Crippen LogP contribution in [0.5, 0.6) is 0 Å². The second-order valence-electron chi connectivity index (χ2n) is 4.51. The van der Waals surface area contributed by atoms with Crippen molar-refractivity contribution in [3.63, 3.8) is 0 Å². The van der Waals surface area contributed by atoms with Crippen LogP contribution in [0.4, 0.5) is 0 Å². The molecule has 2 heterocycles. The van der Waals surface area contributed by atoms with E-state index in [0.29, 0.717) is 17.3 Å². The number of aryl methyl sites for hydroxylation is 2. The average molecular weight is 322 g/mol. The third kappa shape index (κ3) is 4.25. The number of carbonyl (C=O) groups excluding carboxylic acids is 1. The number of amides is 1. The molecule has 0 spiro atoms. The lowest BCUT2D eigenvalue weighted by atomic mass is 10.3. The molecule has 0 aromatic carbocycles. The van der Waals surface area contributed by atoms with Crippen LogP contribution < -0.4 is 5.32 Å². The Hall–Kier alpha value is -1.47. The van der Waals surface area contributed by atoms with Gasteiger partial charge in [0, 0.05) is 17.3 Å². The minimum Gasteiger partial charge on any atom is -0.347 e. The smallest absolute Gasteiger partial charge is 0.254 e. The maximum atomic E-state index is 12.0. The van der Waals surface area contributed by atoms with Gasteiger partial charge in [0.1, 0.15) is 0 Å². The Kier molecular flexibility index (Phi) is 5.69. The lowest BCUT2D eigenvalue weighted by molar-refractivity contribution is 0.0950. The first-order valence-electron chi connectivity index (χ1n) is 6.73. The van der Waals surface area contributed by atoms with Crippen LogP contribution >= 0.6 is 23.1 Å². The Morgan fingerprint density at radius 1 is 1.38 bits per heavy atom. The van der Waals surface area contributed by atoms with E-state index in [4.69, 9.17) is 0 Å². The van der Waals surface area contributed by atoms with E-state index in [0.717, 1.165) is 28.4 Å². The largest absolute Gasteiger partial charge is 0.347 e. The molecule has 1 N–H and O–H groups in total. The van der Waals surface area contributed by atoms with Crippen molar-refractivity contribution in [3.05, 3.63) is 33.5 Å². The molecule has 112 valence electrons. The first-order valence-corrected chi connectivity index (χ1v) is 8.77. The molecule has 0 atom stereocenters. The van der Waals surface area contributed by atoms with Crippen LogP contribution in [0.2, 0.25) is 0 Å². The summed E-state index contributed by atoms with van der Waals surface area (Å²) in [7, 11) is 0. The summed E-state index contributed by atoms with van der Waals surface area (Å²) in [4.78, 5) is 25.9. The summed E-state index contributed by atoms with van der Waals surface area (Å²) in [5.41, 5.74) is 1.47.